The van der Waals surface area contributed by atoms with Crippen LogP contribution in [0.1, 0.15) is 13.2 Å². The van der Waals surface area contributed by atoms with Gasteiger partial charge in [-0.1, -0.05) is 0 Å². The van der Waals surface area contributed by atoms with Gasteiger partial charge >= 0.3 is 17.8 Å². The first kappa shape index (κ1) is 19.0. The third-order valence-electron chi connectivity index (χ3n) is 4.15. The van der Waals surface area contributed by atoms with E-state index in [1.54, 1.807) is 5.48 Å². The zero-order chi connectivity index (χ0) is 19.7. The van der Waals surface area contributed by atoms with Crippen LogP contribution >= 0.6 is 0 Å². The third kappa shape index (κ3) is 3.71. The first-order chi connectivity index (χ1) is 12.8. The fourth-order valence-electron chi connectivity index (χ4n) is 2.71. The first-order valence-electron chi connectivity index (χ1n) is 7.94. The molecular weight excluding hydrogens is 368 g/mol. The van der Waals surface area contributed by atoms with E-state index >= 15 is 0 Å². The molecule has 2 aliphatic rings. The summed E-state index contributed by atoms with van der Waals surface area (Å²) in [6, 6.07) is 0.0533. The van der Waals surface area contributed by atoms with Crippen molar-refractivity contribution in [2.45, 2.75) is 43.6 Å². The predicted octanol–water partition coefficient (Wildman–Crippen LogP) is -1.90. The number of esters is 1. The minimum atomic E-state index is -1.24. The van der Waals surface area contributed by atoms with Crippen LogP contribution < -0.4 is 16.9 Å². The normalized spacial score (nSPS) is 28.7. The Balaban J connectivity index is 1.75. The highest BCUT2D eigenvalue weighted by atomic mass is 16.8. The van der Waals surface area contributed by atoms with Gasteiger partial charge in [0.05, 0.1) is 6.10 Å². The average Bonchev–Trinajstić information content (AvgIpc) is 3.16. The Bertz CT molecular complexity index is 782. The molecular formula is C14H18N4O9. The number of fused-ring (bicyclic) bond motifs is 1. The predicted molar refractivity (Wildman–Crippen MR) is 83.6 cm³/mol. The minimum Gasteiger partial charge on any atom is -0.462 e. The zero-order valence-corrected chi connectivity index (χ0v) is 14.0. The number of carbonyl (C=O) groups is 2. The van der Waals surface area contributed by atoms with E-state index in [1.807, 2.05) is 0 Å². The van der Waals surface area contributed by atoms with Crippen LogP contribution in [-0.4, -0.2) is 69.1 Å². The summed E-state index contributed by atoms with van der Waals surface area (Å²) in [5.74, 6) is -0.945. The van der Waals surface area contributed by atoms with Crippen LogP contribution in [0.4, 0.5) is 10.6 Å². The van der Waals surface area contributed by atoms with Crippen molar-refractivity contribution in [3.63, 3.8) is 0 Å². The summed E-state index contributed by atoms with van der Waals surface area (Å²) in [4.78, 5) is 38.9. The van der Waals surface area contributed by atoms with Gasteiger partial charge in [0.15, 0.2) is 24.3 Å². The molecule has 0 radical (unpaired) electrons. The Hall–Kier alpha value is -2.74. The molecule has 6 atom stereocenters. The van der Waals surface area contributed by atoms with Gasteiger partial charge in [-0.15, -0.1) is 0 Å². The van der Waals surface area contributed by atoms with Crippen molar-refractivity contribution < 1.29 is 38.9 Å². The van der Waals surface area contributed by atoms with E-state index in [0.29, 0.717) is 0 Å². The van der Waals surface area contributed by atoms with Gasteiger partial charge in [0.25, 0.3) is 0 Å². The molecule has 0 spiro atoms. The number of hydrogen-bond acceptors (Lipinski definition) is 12. The maximum Gasteiger partial charge on any atom is 0.509 e. The van der Waals surface area contributed by atoms with E-state index in [4.69, 9.17) is 29.9 Å². The van der Waals surface area contributed by atoms with Gasteiger partial charge in [-0.3, -0.25) is 20.0 Å². The summed E-state index contributed by atoms with van der Waals surface area (Å²) in [7, 11) is 0. The van der Waals surface area contributed by atoms with Gasteiger partial charge in [-0.05, 0) is 13.0 Å². The summed E-state index contributed by atoms with van der Waals surface area (Å²) in [6.45, 7) is 0.993. The van der Waals surface area contributed by atoms with Gasteiger partial charge in [-0.2, -0.15) is 4.98 Å². The lowest BCUT2D eigenvalue weighted by molar-refractivity contribution is -0.154. The van der Waals surface area contributed by atoms with Crippen molar-refractivity contribution in [2.24, 2.45) is 5.73 Å². The van der Waals surface area contributed by atoms with Crippen LogP contribution in [-0.2, 0) is 23.7 Å². The van der Waals surface area contributed by atoms with Gasteiger partial charge in [-0.25, -0.2) is 9.59 Å². The smallest absolute Gasteiger partial charge is 0.462 e. The molecule has 2 fully saturated rings. The highest BCUT2D eigenvalue weighted by Gasteiger charge is 2.55. The van der Waals surface area contributed by atoms with Crippen molar-refractivity contribution >= 4 is 17.9 Å². The molecule has 3 rings (SSSR count). The monoisotopic (exact) mass is 386 g/mol. The number of aliphatic hydroxyl groups excluding tert-OH is 1. The van der Waals surface area contributed by atoms with Crippen molar-refractivity contribution in [3.05, 3.63) is 22.7 Å². The molecule has 0 bridgehead atoms. The lowest BCUT2D eigenvalue weighted by Gasteiger charge is -2.19. The number of ether oxygens (including phenoxy) is 4. The first-order valence-corrected chi connectivity index (χ1v) is 7.94. The number of aliphatic hydroxyl groups is 1. The average molecular weight is 386 g/mol. The number of anilines is 1. The van der Waals surface area contributed by atoms with Gasteiger partial charge in [0.2, 0.25) is 0 Å². The second-order valence-corrected chi connectivity index (χ2v) is 5.99. The Labute approximate surface area is 151 Å². The fraction of sp³-hybridized carbons (Fsp3) is 0.571. The SMILES string of the molecule is C[C@H](O)[C@@H](N)C(=O)OC[C@H]1O[C@@H](n2ccc(NO)nc2=O)[C@@H]2OC(=O)O[C@@H]21. The summed E-state index contributed by atoms with van der Waals surface area (Å²) < 4.78 is 21.8. The highest BCUT2D eigenvalue weighted by molar-refractivity contribution is 5.76. The molecule has 13 nitrogen and oxygen atoms in total. The van der Waals surface area contributed by atoms with Crippen LogP contribution in [0.5, 0.6) is 0 Å². The molecule has 0 saturated carbocycles. The lowest BCUT2D eigenvalue weighted by atomic mass is 10.1. The van der Waals surface area contributed by atoms with Crippen LogP contribution in [0.3, 0.4) is 0 Å². The van der Waals surface area contributed by atoms with Crippen molar-refractivity contribution in [3.8, 4) is 0 Å². The molecule has 13 heteroatoms. The van der Waals surface area contributed by atoms with E-state index in [-0.39, 0.29) is 12.4 Å². The summed E-state index contributed by atoms with van der Waals surface area (Å²) in [5, 5.41) is 18.1. The van der Waals surface area contributed by atoms with Crippen molar-refractivity contribution in [1.82, 2.24) is 9.55 Å². The fourth-order valence-corrected chi connectivity index (χ4v) is 2.71. The van der Waals surface area contributed by atoms with Gasteiger partial charge < -0.3 is 29.8 Å². The third-order valence-corrected chi connectivity index (χ3v) is 4.15. The van der Waals surface area contributed by atoms with Crippen LogP contribution in [0.15, 0.2) is 17.1 Å². The van der Waals surface area contributed by atoms with E-state index in [0.717, 1.165) is 4.57 Å². The highest BCUT2D eigenvalue weighted by Crippen LogP contribution is 2.37. The van der Waals surface area contributed by atoms with Gasteiger partial charge in [0.1, 0.15) is 18.8 Å². The number of nitrogens with zero attached hydrogens (tertiary/aromatic N) is 2. The molecule has 0 amide bonds. The molecule has 0 aliphatic carbocycles. The number of carbonyl (C=O) groups excluding carboxylic acids is 2. The molecule has 2 aliphatic heterocycles. The van der Waals surface area contributed by atoms with Crippen molar-refractivity contribution in [1.29, 1.82) is 0 Å². The summed E-state index contributed by atoms with van der Waals surface area (Å²) >= 11 is 0. The number of aromatic nitrogens is 2. The second-order valence-electron chi connectivity index (χ2n) is 5.99. The van der Waals surface area contributed by atoms with E-state index in [9.17, 15) is 19.5 Å². The van der Waals surface area contributed by atoms with Gasteiger partial charge in [0, 0.05) is 6.20 Å². The molecule has 27 heavy (non-hydrogen) atoms. The standard InChI is InChI=1S/C14H18N4O9/c1-5(19)8(15)12(20)24-4-6-9-10(27-14(22)26-9)11(25-6)18-3-2-7(17-23)16-13(18)21/h2-3,5-6,8-11,19,23H,4,15H2,1H3,(H,16,17,21)/t5-,6+,8+,9+,10+,11+/m0/s1. The Kier molecular flexibility index (Phi) is 5.27. The molecule has 3 heterocycles. The van der Waals surface area contributed by atoms with Crippen LogP contribution in [0.25, 0.3) is 0 Å². The number of nitrogens with two attached hydrogens (primary N) is 1. The maximum absolute atomic E-state index is 12.1. The number of hydrogen-bond donors (Lipinski definition) is 4. The summed E-state index contributed by atoms with van der Waals surface area (Å²) in [6.07, 6.45) is -4.70. The summed E-state index contributed by atoms with van der Waals surface area (Å²) in [5.41, 5.74) is 6.44. The second kappa shape index (κ2) is 7.48. The van der Waals surface area contributed by atoms with Crippen molar-refractivity contribution in [2.75, 3.05) is 12.1 Å². The zero-order valence-electron chi connectivity index (χ0n) is 14.0. The van der Waals surface area contributed by atoms with E-state index in [2.05, 4.69) is 4.98 Å². The molecule has 2 saturated heterocycles. The minimum absolute atomic E-state index is 0.0805. The van der Waals surface area contributed by atoms with E-state index in [1.165, 1.54) is 19.2 Å². The molecule has 148 valence electrons. The van der Waals surface area contributed by atoms with Crippen LogP contribution in [0, 0.1) is 0 Å². The van der Waals surface area contributed by atoms with Crippen LogP contribution in [0.2, 0.25) is 0 Å². The Morgan fingerprint density at radius 3 is 2.78 bits per heavy atom. The number of rotatable bonds is 6. The lowest BCUT2D eigenvalue weighted by Crippen LogP contribution is -2.43. The Morgan fingerprint density at radius 1 is 1.44 bits per heavy atom. The topological polar surface area (TPSA) is 184 Å². The molecule has 1 aromatic rings. The molecule has 0 aromatic carbocycles. The largest absolute Gasteiger partial charge is 0.509 e. The molecule has 1 aromatic heterocycles. The quantitative estimate of drug-likeness (QED) is 0.315. The maximum atomic E-state index is 12.1. The Morgan fingerprint density at radius 2 is 2.15 bits per heavy atom. The molecule has 0 unspecified atom stereocenters. The van der Waals surface area contributed by atoms with E-state index < -0.39 is 54.5 Å². The molecule has 5 N–H and O–H groups in total. The number of nitrogens with one attached hydrogen (secondary N) is 1.